The summed E-state index contributed by atoms with van der Waals surface area (Å²) in [6.07, 6.45) is 21.9. The quantitative estimate of drug-likeness (QED) is 0.228. The lowest BCUT2D eigenvalue weighted by Crippen LogP contribution is -2.41. The number of carboxylic acid groups (broad SMARTS) is 1. The molecule has 1 atom stereocenters. The van der Waals surface area contributed by atoms with Crippen LogP contribution in [0, 0.1) is 5.92 Å². The zero-order valence-electron chi connectivity index (χ0n) is 18.0. The summed E-state index contributed by atoms with van der Waals surface area (Å²) in [4.78, 5) is 11.1. The van der Waals surface area contributed by atoms with Crippen molar-refractivity contribution in [3.05, 3.63) is 0 Å². The summed E-state index contributed by atoms with van der Waals surface area (Å²) in [5.74, 6) is -0.579. The maximum Gasteiger partial charge on any atom is 0.320 e. The van der Waals surface area contributed by atoms with E-state index < -0.39 is 12.0 Å². The molecule has 0 aliphatic rings. The minimum atomic E-state index is -0.725. The van der Waals surface area contributed by atoms with E-state index in [1.54, 1.807) is 0 Å². The number of nitrogens with one attached hydrogen (secondary N) is 1. The first kappa shape index (κ1) is 25.4. The van der Waals surface area contributed by atoms with Gasteiger partial charge < -0.3 is 10.4 Å². The molecule has 0 heterocycles. The number of hydrogen-bond acceptors (Lipinski definition) is 2. The Bertz CT molecular complexity index is 305. The van der Waals surface area contributed by atoms with Crippen molar-refractivity contribution in [2.45, 2.75) is 130 Å². The van der Waals surface area contributed by atoms with Gasteiger partial charge in [0.1, 0.15) is 6.04 Å². The van der Waals surface area contributed by atoms with Gasteiger partial charge >= 0.3 is 5.97 Å². The molecular formula is C23H47NO2. The zero-order chi connectivity index (χ0) is 19.5. The number of unbranched alkanes of at least 4 members (excludes halogenated alkanes) is 15. The third-order valence-corrected chi connectivity index (χ3v) is 5.33. The van der Waals surface area contributed by atoms with Gasteiger partial charge in [-0.3, -0.25) is 4.79 Å². The van der Waals surface area contributed by atoms with Gasteiger partial charge in [-0.25, -0.2) is 0 Å². The van der Waals surface area contributed by atoms with Crippen LogP contribution in [0.1, 0.15) is 124 Å². The highest BCUT2D eigenvalue weighted by atomic mass is 16.4. The van der Waals surface area contributed by atoms with Gasteiger partial charge in [-0.1, -0.05) is 117 Å². The predicted octanol–water partition coefficient (Wildman–Crippen LogP) is 6.95. The van der Waals surface area contributed by atoms with E-state index in [4.69, 9.17) is 5.11 Å². The van der Waals surface area contributed by atoms with Crippen LogP contribution in [0.3, 0.4) is 0 Å². The van der Waals surface area contributed by atoms with Crippen LogP contribution < -0.4 is 5.32 Å². The first-order chi connectivity index (χ1) is 12.6. The first-order valence-electron chi connectivity index (χ1n) is 11.6. The summed E-state index contributed by atoms with van der Waals surface area (Å²) in [5.41, 5.74) is 0. The monoisotopic (exact) mass is 369 g/mol. The van der Waals surface area contributed by atoms with Crippen molar-refractivity contribution in [1.82, 2.24) is 5.32 Å². The number of carbonyl (C=O) groups is 1. The molecule has 0 aromatic rings. The molecule has 0 aliphatic heterocycles. The van der Waals surface area contributed by atoms with Crippen molar-refractivity contribution in [2.24, 2.45) is 5.92 Å². The largest absolute Gasteiger partial charge is 0.480 e. The highest BCUT2D eigenvalue weighted by Crippen LogP contribution is 2.13. The summed E-state index contributed by atoms with van der Waals surface area (Å²) in [6, 6.07) is -0.397. The maximum atomic E-state index is 11.1. The van der Waals surface area contributed by atoms with Gasteiger partial charge in [0.25, 0.3) is 0 Å². The van der Waals surface area contributed by atoms with Crippen LogP contribution in [0.5, 0.6) is 0 Å². The highest BCUT2D eigenvalue weighted by molar-refractivity contribution is 5.73. The molecule has 0 bridgehead atoms. The molecule has 0 aromatic carbocycles. The summed E-state index contributed by atoms with van der Waals surface area (Å²) >= 11 is 0. The fraction of sp³-hybridized carbons (Fsp3) is 0.957. The van der Waals surface area contributed by atoms with Crippen LogP contribution in [0.15, 0.2) is 0 Å². The molecule has 0 amide bonds. The Kier molecular flexibility index (Phi) is 18.8. The van der Waals surface area contributed by atoms with Crippen LogP contribution >= 0.6 is 0 Å². The molecule has 0 aliphatic carbocycles. The Labute approximate surface area is 163 Å². The van der Waals surface area contributed by atoms with Crippen LogP contribution in [-0.4, -0.2) is 23.7 Å². The summed E-state index contributed by atoms with van der Waals surface area (Å²) in [6.45, 7) is 7.02. The lowest BCUT2D eigenvalue weighted by Gasteiger charge is -2.17. The van der Waals surface area contributed by atoms with E-state index in [1.807, 2.05) is 13.8 Å². The lowest BCUT2D eigenvalue weighted by atomic mass is 10.0. The Hall–Kier alpha value is -0.570. The molecule has 26 heavy (non-hydrogen) atoms. The van der Waals surface area contributed by atoms with Gasteiger partial charge in [-0.05, 0) is 18.9 Å². The standard InChI is InChI=1S/C23H47NO2/c1-4-5-6-7-8-9-10-11-12-13-14-15-16-17-18-19-20-24-22(21(2)3)23(25)26/h21-22,24H,4-20H2,1-3H3,(H,25,26). The number of aliphatic carboxylic acids is 1. The van der Waals surface area contributed by atoms with Gasteiger partial charge in [-0.2, -0.15) is 0 Å². The van der Waals surface area contributed by atoms with Gasteiger partial charge in [-0.15, -0.1) is 0 Å². The minimum Gasteiger partial charge on any atom is -0.480 e. The van der Waals surface area contributed by atoms with Crippen molar-refractivity contribution in [1.29, 1.82) is 0 Å². The summed E-state index contributed by atoms with van der Waals surface area (Å²) in [7, 11) is 0. The smallest absolute Gasteiger partial charge is 0.320 e. The Morgan fingerprint density at radius 3 is 1.35 bits per heavy atom. The van der Waals surface area contributed by atoms with E-state index in [0.717, 1.165) is 13.0 Å². The molecule has 156 valence electrons. The molecule has 0 spiro atoms. The molecule has 0 aromatic heterocycles. The van der Waals surface area contributed by atoms with Crippen LogP contribution in [0.2, 0.25) is 0 Å². The Balaban J connectivity index is 3.19. The molecular weight excluding hydrogens is 322 g/mol. The zero-order valence-corrected chi connectivity index (χ0v) is 18.0. The van der Waals surface area contributed by atoms with Crippen LogP contribution in [0.25, 0.3) is 0 Å². The van der Waals surface area contributed by atoms with Gasteiger partial charge in [0.2, 0.25) is 0 Å². The predicted molar refractivity (Wildman–Crippen MR) is 114 cm³/mol. The lowest BCUT2D eigenvalue weighted by molar-refractivity contribution is -0.140. The second kappa shape index (κ2) is 19.2. The van der Waals surface area contributed by atoms with E-state index in [-0.39, 0.29) is 5.92 Å². The first-order valence-corrected chi connectivity index (χ1v) is 11.6. The van der Waals surface area contributed by atoms with Gasteiger partial charge in [0, 0.05) is 0 Å². The maximum absolute atomic E-state index is 11.1. The van der Waals surface area contributed by atoms with Crippen molar-refractivity contribution in [3.63, 3.8) is 0 Å². The van der Waals surface area contributed by atoms with Crippen molar-refractivity contribution in [2.75, 3.05) is 6.54 Å². The van der Waals surface area contributed by atoms with E-state index >= 15 is 0 Å². The fourth-order valence-electron chi connectivity index (χ4n) is 3.54. The summed E-state index contributed by atoms with van der Waals surface area (Å²) < 4.78 is 0. The molecule has 0 saturated heterocycles. The van der Waals surface area contributed by atoms with Gasteiger partial charge in [0.05, 0.1) is 0 Å². The number of carboxylic acids is 1. The van der Waals surface area contributed by atoms with Crippen molar-refractivity contribution in [3.8, 4) is 0 Å². The third kappa shape index (κ3) is 16.9. The molecule has 0 saturated carbocycles. The summed E-state index contributed by atoms with van der Waals surface area (Å²) in [5, 5.41) is 12.3. The van der Waals surface area contributed by atoms with Crippen LogP contribution in [0.4, 0.5) is 0 Å². The second-order valence-electron chi connectivity index (χ2n) is 8.32. The third-order valence-electron chi connectivity index (χ3n) is 5.33. The van der Waals surface area contributed by atoms with Crippen molar-refractivity contribution >= 4 is 5.97 Å². The Morgan fingerprint density at radius 1 is 0.692 bits per heavy atom. The second-order valence-corrected chi connectivity index (χ2v) is 8.32. The van der Waals surface area contributed by atoms with E-state index in [9.17, 15) is 4.79 Å². The normalized spacial score (nSPS) is 12.6. The Morgan fingerprint density at radius 2 is 1.04 bits per heavy atom. The topological polar surface area (TPSA) is 49.3 Å². The molecule has 0 radical (unpaired) electrons. The van der Waals surface area contributed by atoms with E-state index in [0.29, 0.717) is 0 Å². The molecule has 3 heteroatoms. The molecule has 0 rings (SSSR count). The van der Waals surface area contributed by atoms with E-state index in [1.165, 1.54) is 96.3 Å². The van der Waals surface area contributed by atoms with Crippen molar-refractivity contribution < 1.29 is 9.90 Å². The average Bonchev–Trinajstić information content (AvgIpc) is 2.60. The number of hydrogen-bond donors (Lipinski definition) is 2. The van der Waals surface area contributed by atoms with Crippen LogP contribution in [-0.2, 0) is 4.79 Å². The minimum absolute atomic E-state index is 0.147. The highest BCUT2D eigenvalue weighted by Gasteiger charge is 2.19. The number of rotatable bonds is 20. The molecule has 3 nitrogen and oxygen atoms in total. The average molecular weight is 370 g/mol. The fourth-order valence-corrected chi connectivity index (χ4v) is 3.54. The van der Waals surface area contributed by atoms with E-state index in [2.05, 4.69) is 12.2 Å². The molecule has 2 N–H and O–H groups in total. The molecule has 1 unspecified atom stereocenters. The van der Waals surface area contributed by atoms with Gasteiger partial charge in [0.15, 0.2) is 0 Å². The SMILES string of the molecule is CCCCCCCCCCCCCCCCCCNC(C(=O)O)C(C)C. The molecule has 0 fully saturated rings.